The summed E-state index contributed by atoms with van der Waals surface area (Å²) in [5.74, 6) is 3.10. The summed E-state index contributed by atoms with van der Waals surface area (Å²) in [6.07, 6.45) is 5.35. The number of methoxy groups -OCH3 is 3. The highest BCUT2D eigenvalue weighted by Crippen LogP contribution is 2.45. The van der Waals surface area contributed by atoms with Gasteiger partial charge in [-0.05, 0) is 25.8 Å². The van der Waals surface area contributed by atoms with Gasteiger partial charge in [-0.2, -0.15) is 0 Å². The average Bonchev–Trinajstić information content (AvgIpc) is 2.93. The molecule has 1 aromatic carbocycles. The lowest BCUT2D eigenvalue weighted by Gasteiger charge is -2.36. The molecule has 2 bridgehead atoms. The first-order chi connectivity index (χ1) is 12.6. The molecule has 1 saturated heterocycles. The van der Waals surface area contributed by atoms with E-state index in [1.54, 1.807) is 21.3 Å². The van der Waals surface area contributed by atoms with E-state index in [1.807, 2.05) is 25.3 Å². The van der Waals surface area contributed by atoms with Gasteiger partial charge < -0.3 is 14.2 Å². The first-order valence-corrected chi connectivity index (χ1v) is 9.01. The van der Waals surface area contributed by atoms with Crippen LogP contribution in [0.2, 0.25) is 0 Å². The fourth-order valence-electron chi connectivity index (χ4n) is 4.33. The Morgan fingerprint density at radius 2 is 1.77 bits per heavy atom. The summed E-state index contributed by atoms with van der Waals surface area (Å²) < 4.78 is 16.5. The summed E-state index contributed by atoms with van der Waals surface area (Å²) in [5, 5.41) is 0. The summed E-state index contributed by atoms with van der Waals surface area (Å²) in [4.78, 5) is 11.7. The molecule has 6 nitrogen and oxygen atoms in total. The van der Waals surface area contributed by atoms with Gasteiger partial charge in [0, 0.05) is 48.4 Å². The van der Waals surface area contributed by atoms with Gasteiger partial charge in [0.15, 0.2) is 11.5 Å². The van der Waals surface area contributed by atoms with E-state index in [-0.39, 0.29) is 0 Å². The van der Waals surface area contributed by atoms with E-state index in [0.717, 1.165) is 42.3 Å². The zero-order valence-corrected chi connectivity index (χ0v) is 15.8. The van der Waals surface area contributed by atoms with Crippen LogP contribution in [-0.2, 0) is 13.0 Å². The lowest BCUT2D eigenvalue weighted by Crippen LogP contribution is -2.37. The Labute approximate surface area is 154 Å². The van der Waals surface area contributed by atoms with Crippen molar-refractivity contribution in [2.24, 2.45) is 0 Å². The van der Waals surface area contributed by atoms with E-state index >= 15 is 0 Å². The van der Waals surface area contributed by atoms with Crippen molar-refractivity contribution in [1.29, 1.82) is 0 Å². The molecule has 2 aromatic rings. The number of ether oxygens (including phenoxy) is 3. The molecule has 0 saturated carbocycles. The number of hydrogen-bond donors (Lipinski definition) is 0. The van der Waals surface area contributed by atoms with Crippen LogP contribution >= 0.6 is 0 Å². The second-order valence-electron chi connectivity index (χ2n) is 6.96. The van der Waals surface area contributed by atoms with Crippen LogP contribution in [0.3, 0.4) is 0 Å². The molecule has 0 radical (unpaired) electrons. The molecule has 2 atom stereocenters. The van der Waals surface area contributed by atoms with E-state index in [1.165, 1.54) is 17.7 Å². The van der Waals surface area contributed by atoms with Gasteiger partial charge in [0.2, 0.25) is 0 Å². The quantitative estimate of drug-likeness (QED) is 0.822. The second kappa shape index (κ2) is 6.76. The van der Waals surface area contributed by atoms with E-state index in [9.17, 15) is 0 Å². The SMILES string of the molecule is COc1cc(OC)c(OC)cc1CN1[C@@H]2CC[C@H]1c1cnc(C)nc1C2. The average molecular weight is 355 g/mol. The third kappa shape index (κ3) is 2.78. The zero-order valence-electron chi connectivity index (χ0n) is 15.8. The maximum Gasteiger partial charge on any atom is 0.164 e. The van der Waals surface area contributed by atoms with Crippen molar-refractivity contribution in [2.45, 2.75) is 44.8 Å². The van der Waals surface area contributed by atoms with Crippen LogP contribution in [0.5, 0.6) is 17.2 Å². The number of nitrogens with zero attached hydrogens (tertiary/aromatic N) is 3. The molecular weight excluding hydrogens is 330 g/mol. The van der Waals surface area contributed by atoms with Gasteiger partial charge in [-0.25, -0.2) is 9.97 Å². The summed E-state index contributed by atoms with van der Waals surface area (Å²) in [5.41, 5.74) is 3.61. The Hall–Kier alpha value is -2.34. The molecule has 0 amide bonds. The topological polar surface area (TPSA) is 56.7 Å². The minimum Gasteiger partial charge on any atom is -0.496 e. The predicted octanol–water partition coefficient (Wildman–Crippen LogP) is 3.07. The lowest BCUT2D eigenvalue weighted by atomic mass is 9.98. The number of rotatable bonds is 5. The van der Waals surface area contributed by atoms with Gasteiger partial charge in [0.25, 0.3) is 0 Å². The van der Waals surface area contributed by atoms with Crippen molar-refractivity contribution < 1.29 is 14.2 Å². The van der Waals surface area contributed by atoms with Crippen LogP contribution in [0.15, 0.2) is 18.3 Å². The Bertz CT molecular complexity index is 824. The molecule has 0 unspecified atom stereocenters. The summed E-state index contributed by atoms with van der Waals surface area (Å²) in [7, 11) is 5.00. The molecule has 4 rings (SSSR count). The molecule has 26 heavy (non-hydrogen) atoms. The van der Waals surface area contributed by atoms with E-state index < -0.39 is 0 Å². The summed E-state index contributed by atoms with van der Waals surface area (Å²) in [6.45, 7) is 2.77. The van der Waals surface area contributed by atoms with Crippen LogP contribution in [0, 0.1) is 6.92 Å². The number of fused-ring (bicyclic) bond motifs is 4. The first kappa shape index (κ1) is 17.1. The van der Waals surface area contributed by atoms with Crippen LogP contribution in [-0.4, -0.2) is 42.2 Å². The Morgan fingerprint density at radius 1 is 1.04 bits per heavy atom. The molecule has 0 N–H and O–H groups in total. The standard InChI is InChI=1S/C20H25N3O3/c1-12-21-10-15-16(22-12)8-14-5-6-17(15)23(14)11-13-7-19(25-3)20(26-4)9-18(13)24-2/h7,9-10,14,17H,5-6,8,11H2,1-4H3/t14-,17+/m1/s1. The summed E-state index contributed by atoms with van der Waals surface area (Å²) in [6, 6.07) is 4.82. The highest BCUT2D eigenvalue weighted by Gasteiger charge is 2.41. The summed E-state index contributed by atoms with van der Waals surface area (Å²) >= 11 is 0. The molecule has 138 valence electrons. The van der Waals surface area contributed by atoms with E-state index in [0.29, 0.717) is 17.8 Å². The molecule has 0 spiro atoms. The number of benzene rings is 1. The van der Waals surface area contributed by atoms with Crippen LogP contribution in [0.4, 0.5) is 0 Å². The molecule has 1 aromatic heterocycles. The first-order valence-electron chi connectivity index (χ1n) is 9.01. The van der Waals surface area contributed by atoms with Crippen LogP contribution in [0.25, 0.3) is 0 Å². The fraction of sp³-hybridized carbons (Fsp3) is 0.500. The number of aromatic nitrogens is 2. The minimum absolute atomic E-state index is 0.377. The van der Waals surface area contributed by atoms with Gasteiger partial charge in [0.05, 0.1) is 27.0 Å². The zero-order chi connectivity index (χ0) is 18.3. The van der Waals surface area contributed by atoms with Crippen molar-refractivity contribution in [3.63, 3.8) is 0 Å². The second-order valence-corrected chi connectivity index (χ2v) is 6.96. The number of aryl methyl sites for hydroxylation is 1. The van der Waals surface area contributed by atoms with Crippen molar-refractivity contribution in [1.82, 2.24) is 14.9 Å². The Kier molecular flexibility index (Phi) is 4.44. The van der Waals surface area contributed by atoms with Gasteiger partial charge in [-0.1, -0.05) is 0 Å². The highest BCUT2D eigenvalue weighted by atomic mass is 16.5. The van der Waals surface area contributed by atoms with Crippen molar-refractivity contribution >= 4 is 0 Å². The van der Waals surface area contributed by atoms with E-state index in [4.69, 9.17) is 14.2 Å². The number of hydrogen-bond acceptors (Lipinski definition) is 6. The van der Waals surface area contributed by atoms with Gasteiger partial charge in [-0.15, -0.1) is 0 Å². The fourth-order valence-corrected chi connectivity index (χ4v) is 4.33. The molecule has 6 heteroatoms. The van der Waals surface area contributed by atoms with Gasteiger partial charge >= 0.3 is 0 Å². The monoisotopic (exact) mass is 355 g/mol. The van der Waals surface area contributed by atoms with Crippen molar-refractivity contribution in [2.75, 3.05) is 21.3 Å². The van der Waals surface area contributed by atoms with Crippen LogP contribution < -0.4 is 14.2 Å². The van der Waals surface area contributed by atoms with E-state index in [2.05, 4.69) is 14.9 Å². The Balaban J connectivity index is 1.67. The van der Waals surface area contributed by atoms with Crippen molar-refractivity contribution in [3.05, 3.63) is 41.0 Å². The third-order valence-electron chi connectivity index (χ3n) is 5.59. The molecule has 2 aliphatic heterocycles. The minimum atomic E-state index is 0.377. The molecule has 1 fully saturated rings. The van der Waals surface area contributed by atoms with Gasteiger partial charge in [0.1, 0.15) is 11.6 Å². The van der Waals surface area contributed by atoms with Crippen molar-refractivity contribution in [3.8, 4) is 17.2 Å². The smallest absolute Gasteiger partial charge is 0.164 e. The Morgan fingerprint density at radius 3 is 2.50 bits per heavy atom. The predicted molar refractivity (Wildman–Crippen MR) is 97.9 cm³/mol. The van der Waals surface area contributed by atoms with Crippen LogP contribution in [0.1, 0.15) is 41.5 Å². The molecule has 2 aliphatic rings. The third-order valence-corrected chi connectivity index (χ3v) is 5.59. The van der Waals surface area contributed by atoms with Gasteiger partial charge in [-0.3, -0.25) is 4.90 Å². The molecule has 3 heterocycles. The maximum absolute atomic E-state index is 5.62. The molecule has 0 aliphatic carbocycles. The normalized spacial score (nSPS) is 21.4. The largest absolute Gasteiger partial charge is 0.496 e. The molecular formula is C20H25N3O3. The maximum atomic E-state index is 5.62. The highest BCUT2D eigenvalue weighted by molar-refractivity contribution is 5.51. The lowest BCUT2D eigenvalue weighted by molar-refractivity contribution is 0.164.